The predicted octanol–water partition coefficient (Wildman–Crippen LogP) is 5.99. The van der Waals surface area contributed by atoms with Crippen LogP contribution in [0.3, 0.4) is 0 Å². The van der Waals surface area contributed by atoms with Crippen molar-refractivity contribution in [2.45, 2.75) is 18.4 Å². The van der Waals surface area contributed by atoms with Gasteiger partial charge in [0.05, 0.1) is 11.1 Å². The predicted molar refractivity (Wildman–Crippen MR) is 108 cm³/mol. The van der Waals surface area contributed by atoms with Gasteiger partial charge in [-0.05, 0) is 46.2 Å². The number of nitrogens with one attached hydrogen (secondary N) is 1. The molecular formula is C23H15F6NO3. The van der Waals surface area contributed by atoms with Crippen molar-refractivity contribution >= 4 is 28.7 Å². The van der Waals surface area contributed by atoms with E-state index < -0.39 is 41.4 Å². The quantitative estimate of drug-likeness (QED) is 0.358. The van der Waals surface area contributed by atoms with Gasteiger partial charge in [-0.2, -0.15) is 26.3 Å². The zero-order valence-corrected chi connectivity index (χ0v) is 16.5. The van der Waals surface area contributed by atoms with Crippen molar-refractivity contribution in [3.8, 4) is 0 Å². The van der Waals surface area contributed by atoms with Gasteiger partial charge in [0.15, 0.2) is 6.04 Å². The van der Waals surface area contributed by atoms with Crippen LogP contribution in [0.2, 0.25) is 0 Å². The van der Waals surface area contributed by atoms with Crippen LogP contribution in [0.1, 0.15) is 33.1 Å². The van der Waals surface area contributed by atoms with Crippen LogP contribution < -0.4 is 5.32 Å². The number of benzene rings is 3. The summed E-state index contributed by atoms with van der Waals surface area (Å²) in [5.41, 5.74) is -1.67. The Morgan fingerprint density at radius 2 is 1.55 bits per heavy atom. The van der Waals surface area contributed by atoms with Crippen molar-refractivity contribution in [2.75, 3.05) is 0 Å². The molecule has 0 saturated heterocycles. The van der Waals surface area contributed by atoms with E-state index in [1.165, 1.54) is 18.2 Å². The van der Waals surface area contributed by atoms with E-state index in [1.807, 2.05) is 0 Å². The molecule has 3 aromatic carbocycles. The molecule has 0 bridgehead atoms. The van der Waals surface area contributed by atoms with Gasteiger partial charge >= 0.3 is 18.3 Å². The second kappa shape index (κ2) is 8.97. The van der Waals surface area contributed by atoms with Gasteiger partial charge in [0.2, 0.25) is 5.91 Å². The van der Waals surface area contributed by atoms with Crippen molar-refractivity contribution in [1.82, 2.24) is 5.32 Å². The first kappa shape index (κ1) is 23.8. The Labute approximate surface area is 183 Å². The number of hydrogen-bond acceptors (Lipinski definition) is 2. The van der Waals surface area contributed by atoms with Gasteiger partial charge in [-0.15, -0.1) is 0 Å². The number of halogens is 6. The summed E-state index contributed by atoms with van der Waals surface area (Å²) in [4.78, 5) is 23.6. The number of amides is 1. The van der Waals surface area contributed by atoms with Crippen molar-refractivity contribution in [3.63, 3.8) is 0 Å². The molecule has 172 valence electrons. The Hall–Kier alpha value is -3.82. The van der Waals surface area contributed by atoms with Gasteiger partial charge in [-0.1, -0.05) is 42.5 Å². The van der Waals surface area contributed by atoms with Crippen LogP contribution in [0.25, 0.3) is 16.8 Å². The number of rotatable bonds is 5. The standard InChI is InChI=1S/C23H15F6NO3/c24-22(25,26)15-5-3-4-14(12-15)20(23(27,28)29)30-19(31)11-9-13-8-10-18(21(32)33)17-7-2-1-6-16(13)17/h1-12,20H,(H,30,31)(H,32,33)/b11-9+. The normalized spacial score (nSPS) is 13.3. The molecule has 0 aromatic heterocycles. The lowest BCUT2D eigenvalue weighted by Crippen LogP contribution is -2.37. The van der Waals surface area contributed by atoms with Crippen molar-refractivity contribution in [3.05, 3.63) is 89.0 Å². The molecule has 0 aliphatic rings. The summed E-state index contributed by atoms with van der Waals surface area (Å²) in [6.45, 7) is 0. The molecule has 3 rings (SSSR count). The van der Waals surface area contributed by atoms with E-state index in [-0.39, 0.29) is 5.56 Å². The van der Waals surface area contributed by atoms with Gasteiger partial charge in [0, 0.05) is 6.08 Å². The number of carboxylic acid groups (broad SMARTS) is 1. The fourth-order valence-electron chi connectivity index (χ4n) is 3.26. The monoisotopic (exact) mass is 467 g/mol. The maximum absolute atomic E-state index is 13.5. The van der Waals surface area contributed by atoms with Gasteiger partial charge < -0.3 is 10.4 Å². The fraction of sp³-hybridized carbons (Fsp3) is 0.130. The van der Waals surface area contributed by atoms with E-state index in [1.54, 1.807) is 29.6 Å². The third-order valence-electron chi connectivity index (χ3n) is 4.76. The number of hydrogen-bond donors (Lipinski definition) is 2. The van der Waals surface area contributed by atoms with E-state index in [0.29, 0.717) is 28.5 Å². The molecule has 4 nitrogen and oxygen atoms in total. The summed E-state index contributed by atoms with van der Waals surface area (Å²) in [6, 6.07) is 9.02. The van der Waals surface area contributed by atoms with Crippen LogP contribution in [0.15, 0.2) is 66.7 Å². The molecule has 2 N–H and O–H groups in total. The zero-order valence-electron chi connectivity index (χ0n) is 16.5. The van der Waals surface area contributed by atoms with Gasteiger partial charge in [0.25, 0.3) is 0 Å². The molecule has 0 aliphatic heterocycles. The summed E-state index contributed by atoms with van der Waals surface area (Å²) in [5.74, 6) is -2.37. The van der Waals surface area contributed by atoms with Crippen LogP contribution in [0.5, 0.6) is 0 Å². The molecule has 0 saturated carbocycles. The molecule has 0 aliphatic carbocycles. The SMILES string of the molecule is O=C(/C=C/c1ccc(C(=O)O)c2ccccc12)NC(c1cccc(C(F)(F)F)c1)C(F)(F)F. The largest absolute Gasteiger partial charge is 0.478 e. The molecule has 0 spiro atoms. The molecule has 33 heavy (non-hydrogen) atoms. The molecule has 3 aromatic rings. The van der Waals surface area contributed by atoms with Crippen LogP contribution in [0.4, 0.5) is 26.3 Å². The van der Waals surface area contributed by atoms with Crippen molar-refractivity contribution < 1.29 is 41.0 Å². The average molecular weight is 467 g/mol. The summed E-state index contributed by atoms with van der Waals surface area (Å²) in [5, 5.41) is 11.8. The first-order chi connectivity index (χ1) is 15.4. The third kappa shape index (κ3) is 5.51. The van der Waals surface area contributed by atoms with Gasteiger partial charge in [-0.3, -0.25) is 4.79 Å². The Balaban J connectivity index is 1.90. The Morgan fingerprint density at radius 1 is 0.879 bits per heavy atom. The number of fused-ring (bicyclic) bond motifs is 1. The van der Waals surface area contributed by atoms with E-state index >= 15 is 0 Å². The molecule has 0 fully saturated rings. The minimum Gasteiger partial charge on any atom is -0.478 e. The molecular weight excluding hydrogens is 452 g/mol. The molecule has 0 heterocycles. The smallest absolute Gasteiger partial charge is 0.416 e. The van der Waals surface area contributed by atoms with Crippen LogP contribution >= 0.6 is 0 Å². The highest BCUT2D eigenvalue weighted by Gasteiger charge is 2.42. The van der Waals surface area contributed by atoms with Crippen molar-refractivity contribution in [2.24, 2.45) is 0 Å². The topological polar surface area (TPSA) is 66.4 Å². The number of carbonyl (C=O) groups is 2. The second-order valence-electron chi connectivity index (χ2n) is 6.99. The average Bonchev–Trinajstić information content (AvgIpc) is 2.74. The Morgan fingerprint density at radius 3 is 2.15 bits per heavy atom. The maximum Gasteiger partial charge on any atom is 0.416 e. The summed E-state index contributed by atoms with van der Waals surface area (Å²) in [7, 11) is 0. The van der Waals surface area contributed by atoms with Crippen molar-refractivity contribution in [1.29, 1.82) is 0 Å². The maximum atomic E-state index is 13.5. The highest BCUT2D eigenvalue weighted by atomic mass is 19.4. The lowest BCUT2D eigenvalue weighted by Gasteiger charge is -2.22. The Bertz CT molecular complexity index is 1230. The van der Waals surface area contributed by atoms with E-state index in [9.17, 15) is 41.0 Å². The second-order valence-corrected chi connectivity index (χ2v) is 6.99. The van der Waals surface area contributed by atoms with Gasteiger partial charge in [0.1, 0.15) is 0 Å². The van der Waals surface area contributed by atoms with Crippen LogP contribution in [-0.2, 0) is 11.0 Å². The third-order valence-corrected chi connectivity index (χ3v) is 4.76. The molecule has 10 heteroatoms. The molecule has 0 radical (unpaired) electrons. The number of carbonyl (C=O) groups excluding carboxylic acids is 1. The highest BCUT2D eigenvalue weighted by Crippen LogP contribution is 2.36. The fourth-order valence-corrected chi connectivity index (χ4v) is 3.26. The zero-order chi connectivity index (χ0) is 24.4. The minimum atomic E-state index is -5.05. The molecule has 1 atom stereocenters. The Kier molecular flexibility index (Phi) is 6.48. The minimum absolute atomic E-state index is 0.00823. The lowest BCUT2D eigenvalue weighted by atomic mass is 9.99. The summed E-state index contributed by atoms with van der Waals surface area (Å²) < 4.78 is 79.2. The van der Waals surface area contributed by atoms with Crippen LogP contribution in [-0.4, -0.2) is 23.2 Å². The first-order valence-electron chi connectivity index (χ1n) is 9.35. The summed E-state index contributed by atoms with van der Waals surface area (Å²) >= 11 is 0. The first-order valence-corrected chi connectivity index (χ1v) is 9.35. The van der Waals surface area contributed by atoms with Gasteiger partial charge in [-0.25, -0.2) is 4.79 Å². The highest BCUT2D eigenvalue weighted by molar-refractivity contribution is 6.06. The van der Waals surface area contributed by atoms with E-state index in [0.717, 1.165) is 18.2 Å². The number of carboxylic acids is 1. The molecule has 1 amide bonds. The number of aromatic carboxylic acids is 1. The van der Waals surface area contributed by atoms with E-state index in [4.69, 9.17) is 0 Å². The molecule has 1 unspecified atom stereocenters. The summed E-state index contributed by atoms with van der Waals surface area (Å²) in [6.07, 6.45) is -7.90. The number of alkyl halides is 6. The van der Waals surface area contributed by atoms with Crippen LogP contribution in [0, 0.1) is 0 Å². The van der Waals surface area contributed by atoms with E-state index in [2.05, 4.69) is 0 Å². The lowest BCUT2D eigenvalue weighted by molar-refractivity contribution is -0.162.